The molecule has 1 aliphatic carbocycles. The van der Waals surface area contributed by atoms with Crippen LogP contribution in [0.5, 0.6) is 0 Å². The van der Waals surface area contributed by atoms with Crippen LogP contribution < -0.4 is 11.1 Å². The van der Waals surface area contributed by atoms with Gasteiger partial charge >= 0.3 is 0 Å². The van der Waals surface area contributed by atoms with Crippen LogP contribution in [0.2, 0.25) is 0 Å². The number of carbonyl (C=O) groups is 1. The van der Waals surface area contributed by atoms with E-state index >= 15 is 0 Å². The Balaban J connectivity index is 0.00000261. The van der Waals surface area contributed by atoms with Crippen LogP contribution in [0, 0.1) is 6.92 Å². The first-order valence-corrected chi connectivity index (χ1v) is 11.0. The van der Waals surface area contributed by atoms with Crippen molar-refractivity contribution in [1.82, 2.24) is 4.31 Å². The number of hydrogen-bond donors (Lipinski definition) is 2. The van der Waals surface area contributed by atoms with Gasteiger partial charge in [-0.1, -0.05) is 31.7 Å². The van der Waals surface area contributed by atoms with Crippen molar-refractivity contribution in [3.63, 3.8) is 0 Å². The van der Waals surface area contributed by atoms with E-state index in [1.165, 1.54) is 0 Å². The first-order valence-electron chi connectivity index (χ1n) is 9.54. The molecule has 1 saturated carbocycles. The zero-order valence-electron chi connectivity index (χ0n) is 15.9. The van der Waals surface area contributed by atoms with Gasteiger partial charge in [-0.15, -0.1) is 12.4 Å². The minimum atomic E-state index is -3.56. The summed E-state index contributed by atoms with van der Waals surface area (Å²) in [5, 5.41) is 2.83. The number of anilines is 1. The summed E-state index contributed by atoms with van der Waals surface area (Å²) >= 11 is 0. The van der Waals surface area contributed by atoms with Crippen molar-refractivity contribution in [2.45, 2.75) is 68.7 Å². The van der Waals surface area contributed by atoms with Gasteiger partial charge in [0.15, 0.2) is 0 Å². The third-order valence-corrected chi connectivity index (χ3v) is 7.62. The molecular weight excluding hydrogens is 386 g/mol. The average molecular weight is 416 g/mol. The third kappa shape index (κ3) is 4.83. The fourth-order valence-electron chi connectivity index (χ4n) is 3.87. The van der Waals surface area contributed by atoms with Gasteiger partial charge in [-0.05, 0) is 50.3 Å². The van der Waals surface area contributed by atoms with Crippen LogP contribution in [-0.4, -0.2) is 37.3 Å². The van der Waals surface area contributed by atoms with Gasteiger partial charge in [0.2, 0.25) is 15.9 Å². The van der Waals surface area contributed by atoms with Crippen molar-refractivity contribution in [2.75, 3.05) is 18.4 Å². The molecule has 1 aromatic rings. The topological polar surface area (TPSA) is 92.5 Å². The number of amides is 1. The van der Waals surface area contributed by atoms with Crippen molar-refractivity contribution in [3.8, 4) is 0 Å². The van der Waals surface area contributed by atoms with Crippen LogP contribution in [0.4, 0.5) is 5.69 Å². The fraction of sp³-hybridized carbons (Fsp3) is 0.632. The Hall–Kier alpha value is -1.15. The maximum Gasteiger partial charge on any atom is 0.244 e. The molecule has 1 aromatic carbocycles. The highest BCUT2D eigenvalue weighted by Crippen LogP contribution is 2.30. The predicted octanol–water partition coefficient (Wildman–Crippen LogP) is 3.19. The second-order valence-corrected chi connectivity index (χ2v) is 9.52. The number of hydrogen-bond acceptors (Lipinski definition) is 4. The lowest BCUT2D eigenvalue weighted by molar-refractivity contribution is -0.121. The van der Waals surface area contributed by atoms with E-state index < -0.39 is 15.6 Å². The summed E-state index contributed by atoms with van der Waals surface area (Å²) in [5.41, 5.74) is 6.54. The second-order valence-electron chi connectivity index (χ2n) is 7.62. The number of carbonyl (C=O) groups excluding carboxylic acids is 1. The molecule has 6 nitrogen and oxygen atoms in total. The van der Waals surface area contributed by atoms with E-state index in [1.54, 1.807) is 29.4 Å². The zero-order valence-corrected chi connectivity index (χ0v) is 17.5. The van der Waals surface area contributed by atoms with Crippen LogP contribution in [0.15, 0.2) is 23.1 Å². The summed E-state index contributed by atoms with van der Waals surface area (Å²) in [6, 6.07) is 5.07. The van der Waals surface area contributed by atoms with E-state index in [2.05, 4.69) is 5.32 Å². The second kappa shape index (κ2) is 8.90. The van der Waals surface area contributed by atoms with Crippen molar-refractivity contribution >= 4 is 34.0 Å². The van der Waals surface area contributed by atoms with Gasteiger partial charge in [-0.2, -0.15) is 4.31 Å². The maximum absolute atomic E-state index is 13.1. The van der Waals surface area contributed by atoms with E-state index in [9.17, 15) is 13.2 Å². The van der Waals surface area contributed by atoms with Crippen LogP contribution >= 0.6 is 12.4 Å². The van der Waals surface area contributed by atoms with Gasteiger partial charge in [0, 0.05) is 18.8 Å². The molecule has 0 aromatic heterocycles. The Bertz CT molecular complexity index is 768. The molecule has 2 fully saturated rings. The van der Waals surface area contributed by atoms with Gasteiger partial charge in [-0.3, -0.25) is 4.79 Å². The number of nitrogens with one attached hydrogen (secondary N) is 1. The normalized spacial score (nSPS) is 20.5. The van der Waals surface area contributed by atoms with Gasteiger partial charge in [0.05, 0.1) is 10.4 Å². The van der Waals surface area contributed by atoms with Gasteiger partial charge < -0.3 is 11.1 Å². The Morgan fingerprint density at radius 3 is 2.26 bits per heavy atom. The van der Waals surface area contributed by atoms with Crippen LogP contribution in [0.3, 0.4) is 0 Å². The molecule has 1 heterocycles. The molecule has 1 amide bonds. The van der Waals surface area contributed by atoms with Crippen molar-refractivity contribution in [1.29, 1.82) is 0 Å². The molecular formula is C19H30ClN3O3S. The third-order valence-electron chi connectivity index (χ3n) is 5.58. The molecule has 1 saturated heterocycles. The average Bonchev–Trinajstić information content (AvgIpc) is 2.88. The quantitative estimate of drug-likeness (QED) is 0.789. The van der Waals surface area contributed by atoms with Crippen LogP contribution in [0.1, 0.15) is 56.9 Å². The number of nitrogens with zero attached hydrogens (tertiary/aromatic N) is 1. The number of benzene rings is 1. The molecule has 1 aliphatic heterocycles. The van der Waals surface area contributed by atoms with Crippen LogP contribution in [-0.2, 0) is 14.8 Å². The summed E-state index contributed by atoms with van der Waals surface area (Å²) in [4.78, 5) is 12.8. The van der Waals surface area contributed by atoms with E-state index in [0.717, 1.165) is 38.5 Å². The number of sulfonamides is 1. The first kappa shape index (κ1) is 22.1. The highest BCUT2D eigenvalue weighted by atomic mass is 35.5. The Kier molecular flexibility index (Phi) is 7.30. The van der Waals surface area contributed by atoms with Crippen molar-refractivity contribution in [3.05, 3.63) is 23.8 Å². The lowest BCUT2D eigenvalue weighted by Crippen LogP contribution is -2.48. The van der Waals surface area contributed by atoms with E-state index in [-0.39, 0.29) is 23.2 Å². The number of aryl methyl sites for hydroxylation is 1. The number of rotatable bonds is 4. The molecule has 8 heteroatoms. The Morgan fingerprint density at radius 1 is 1.07 bits per heavy atom. The highest BCUT2D eigenvalue weighted by molar-refractivity contribution is 7.89. The Morgan fingerprint density at radius 2 is 1.67 bits per heavy atom. The van der Waals surface area contributed by atoms with E-state index in [1.807, 2.05) is 0 Å². The largest absolute Gasteiger partial charge is 0.324 e. The van der Waals surface area contributed by atoms with Crippen molar-refractivity contribution < 1.29 is 13.2 Å². The van der Waals surface area contributed by atoms with Gasteiger partial charge in [0.25, 0.3) is 0 Å². The smallest absolute Gasteiger partial charge is 0.244 e. The maximum atomic E-state index is 13.1. The molecule has 27 heavy (non-hydrogen) atoms. The SMILES string of the molecule is Cc1ccc(NC(=O)C2(N)CCCC2)cc1S(=O)(=O)N1CCCCCC1.Cl. The molecule has 0 unspecified atom stereocenters. The molecule has 0 radical (unpaired) electrons. The summed E-state index contributed by atoms with van der Waals surface area (Å²) < 4.78 is 27.8. The highest BCUT2D eigenvalue weighted by Gasteiger charge is 2.37. The summed E-state index contributed by atoms with van der Waals surface area (Å²) in [5.74, 6) is -0.225. The lowest BCUT2D eigenvalue weighted by atomic mass is 9.98. The summed E-state index contributed by atoms with van der Waals surface area (Å²) in [6.45, 7) is 2.91. The van der Waals surface area contributed by atoms with Gasteiger partial charge in [-0.25, -0.2) is 8.42 Å². The predicted molar refractivity (Wildman–Crippen MR) is 110 cm³/mol. The van der Waals surface area contributed by atoms with Gasteiger partial charge in [0.1, 0.15) is 0 Å². The molecule has 3 rings (SSSR count). The minimum Gasteiger partial charge on any atom is -0.324 e. The zero-order chi connectivity index (χ0) is 18.8. The monoisotopic (exact) mass is 415 g/mol. The minimum absolute atomic E-state index is 0. The molecule has 2 aliphatic rings. The van der Waals surface area contributed by atoms with Crippen LogP contribution in [0.25, 0.3) is 0 Å². The van der Waals surface area contributed by atoms with E-state index in [0.29, 0.717) is 37.2 Å². The molecule has 0 spiro atoms. The number of halogens is 1. The molecule has 3 N–H and O–H groups in total. The Labute approximate surface area is 168 Å². The van der Waals surface area contributed by atoms with E-state index in [4.69, 9.17) is 5.73 Å². The molecule has 152 valence electrons. The summed E-state index contributed by atoms with van der Waals surface area (Å²) in [6.07, 6.45) is 7.17. The fourth-order valence-corrected chi connectivity index (χ4v) is 5.63. The first-order chi connectivity index (χ1) is 12.3. The number of nitrogens with two attached hydrogens (primary N) is 1. The molecule has 0 atom stereocenters. The standard InChI is InChI=1S/C19H29N3O3S.ClH/c1-15-8-9-16(21-18(23)19(20)10-4-5-11-19)14-17(15)26(24,25)22-12-6-2-3-7-13-22;/h8-9,14H,2-7,10-13,20H2,1H3,(H,21,23);1H. The summed E-state index contributed by atoms with van der Waals surface area (Å²) in [7, 11) is -3.56. The molecule has 0 bridgehead atoms. The van der Waals surface area contributed by atoms with Crippen molar-refractivity contribution in [2.24, 2.45) is 5.73 Å². The lowest BCUT2D eigenvalue weighted by Gasteiger charge is -2.24.